The number of carbonyl (C=O) groups excluding carboxylic acids is 2. The van der Waals surface area contributed by atoms with Gasteiger partial charge in [0.25, 0.3) is 0 Å². The zero-order valence-corrected chi connectivity index (χ0v) is 35.4. The van der Waals surface area contributed by atoms with E-state index in [9.17, 15) is 9.59 Å². The van der Waals surface area contributed by atoms with Gasteiger partial charge in [-0.05, 0) is 51.4 Å². The van der Waals surface area contributed by atoms with E-state index in [1.54, 1.807) is 0 Å². The van der Waals surface area contributed by atoms with Gasteiger partial charge in [-0.1, -0.05) is 182 Å². The Labute approximate surface area is 324 Å². The minimum Gasteiger partial charge on any atom is -0.465 e. The summed E-state index contributed by atoms with van der Waals surface area (Å²) in [7, 11) is 0. The Hall–Kier alpha value is -1.14. The number of hydrogen-bond acceptors (Lipinski definition) is 6. The summed E-state index contributed by atoms with van der Waals surface area (Å²) in [6.45, 7) is 12.2. The molecule has 1 heterocycles. The Balaban J connectivity index is 2.22. The number of hydrogen-bond donors (Lipinski definition) is 2. The van der Waals surface area contributed by atoms with Crippen molar-refractivity contribution in [1.29, 1.82) is 0 Å². The molecule has 308 valence electrons. The van der Waals surface area contributed by atoms with Crippen molar-refractivity contribution in [2.45, 2.75) is 245 Å². The maximum absolute atomic E-state index is 13.0. The van der Waals surface area contributed by atoms with Crippen LogP contribution < -0.4 is 10.6 Å². The summed E-state index contributed by atoms with van der Waals surface area (Å²) in [5, 5.41) is 7.55. The fourth-order valence-corrected chi connectivity index (χ4v) is 7.91. The largest absolute Gasteiger partial charge is 0.465 e. The maximum atomic E-state index is 13.0. The molecule has 0 aromatic heterocycles. The van der Waals surface area contributed by atoms with Crippen molar-refractivity contribution in [3.8, 4) is 0 Å². The molecule has 1 fully saturated rings. The van der Waals surface area contributed by atoms with Gasteiger partial charge < -0.3 is 20.1 Å². The van der Waals surface area contributed by atoms with E-state index >= 15 is 0 Å². The van der Waals surface area contributed by atoms with Crippen LogP contribution in [0.1, 0.15) is 233 Å². The molecular formula is C46H90N2O4. The molecule has 1 aliphatic rings. The maximum Gasteiger partial charge on any atom is 0.308 e. The number of carbonyl (C=O) groups is 2. The number of unbranched alkanes of at least 4 members (excludes halogenated alkanes) is 20. The van der Waals surface area contributed by atoms with Crippen LogP contribution in [0.2, 0.25) is 0 Å². The van der Waals surface area contributed by atoms with Gasteiger partial charge in [0.05, 0.1) is 25.0 Å². The molecule has 0 aromatic rings. The standard InChI is InChI=1S/C46H90N2O4/c1-5-9-13-17-23-31-41(32-24-18-14-10-6-2)45(49)51-37-29-21-27-35-43-39-47-40-44(48-43)36-28-22-30-38-52-46(50)42(33-25-19-15-11-7-3)34-26-20-16-12-8-4/h41-44,47-48H,5-40H2,1-4H3. The molecule has 0 radical (unpaired) electrons. The summed E-state index contributed by atoms with van der Waals surface area (Å²) in [5.41, 5.74) is 0. The van der Waals surface area contributed by atoms with E-state index in [0.29, 0.717) is 25.3 Å². The number of nitrogens with one attached hydrogen (secondary N) is 2. The Morgan fingerprint density at radius 1 is 0.442 bits per heavy atom. The summed E-state index contributed by atoms with van der Waals surface area (Å²) < 4.78 is 11.7. The van der Waals surface area contributed by atoms with Crippen LogP contribution in [0.4, 0.5) is 0 Å². The molecule has 52 heavy (non-hydrogen) atoms. The van der Waals surface area contributed by atoms with E-state index in [1.807, 2.05) is 0 Å². The normalized spacial score (nSPS) is 16.2. The fraction of sp³-hybridized carbons (Fsp3) is 0.957. The number of ether oxygens (including phenoxy) is 2. The van der Waals surface area contributed by atoms with Crippen molar-refractivity contribution in [2.75, 3.05) is 26.3 Å². The predicted octanol–water partition coefficient (Wildman–Crippen LogP) is 12.8. The van der Waals surface area contributed by atoms with Crippen LogP contribution in [0, 0.1) is 11.8 Å². The van der Waals surface area contributed by atoms with Gasteiger partial charge in [-0.2, -0.15) is 0 Å². The molecule has 6 heteroatoms. The molecular weight excluding hydrogens is 645 g/mol. The lowest BCUT2D eigenvalue weighted by Crippen LogP contribution is -2.54. The molecule has 0 aliphatic carbocycles. The fourth-order valence-electron chi connectivity index (χ4n) is 7.91. The summed E-state index contributed by atoms with van der Waals surface area (Å²) in [5.74, 6) is 0.334. The average molecular weight is 735 g/mol. The lowest BCUT2D eigenvalue weighted by atomic mass is 9.94. The van der Waals surface area contributed by atoms with Crippen LogP contribution in [0.25, 0.3) is 0 Å². The first-order chi connectivity index (χ1) is 25.5. The van der Waals surface area contributed by atoms with E-state index in [2.05, 4.69) is 38.3 Å². The quantitative estimate of drug-likeness (QED) is 0.0486. The van der Waals surface area contributed by atoms with Crippen molar-refractivity contribution in [3.63, 3.8) is 0 Å². The van der Waals surface area contributed by atoms with Crippen LogP contribution in [0.5, 0.6) is 0 Å². The van der Waals surface area contributed by atoms with Gasteiger partial charge in [0, 0.05) is 25.2 Å². The first kappa shape index (κ1) is 48.9. The van der Waals surface area contributed by atoms with E-state index < -0.39 is 0 Å². The first-order valence-corrected chi connectivity index (χ1v) is 23.4. The molecule has 6 nitrogen and oxygen atoms in total. The number of piperazine rings is 1. The third-order valence-electron chi connectivity index (χ3n) is 11.4. The highest BCUT2D eigenvalue weighted by Gasteiger charge is 2.22. The van der Waals surface area contributed by atoms with Crippen molar-refractivity contribution in [3.05, 3.63) is 0 Å². The molecule has 0 bridgehead atoms. The minimum absolute atomic E-state index is 0.0654. The smallest absolute Gasteiger partial charge is 0.308 e. The SMILES string of the molecule is CCCCCCCC(CCCCCCC)C(=O)OCCCCCC1CNCC(CCCCCOC(=O)C(CCCCCCC)CCCCCCC)N1. The zero-order valence-electron chi connectivity index (χ0n) is 35.4. The number of rotatable bonds is 38. The van der Waals surface area contributed by atoms with Gasteiger partial charge in [0.15, 0.2) is 0 Å². The third kappa shape index (κ3) is 28.3. The average Bonchev–Trinajstić information content (AvgIpc) is 3.15. The van der Waals surface area contributed by atoms with Crippen molar-refractivity contribution in [1.82, 2.24) is 10.6 Å². The zero-order chi connectivity index (χ0) is 37.7. The molecule has 1 aliphatic heterocycles. The molecule has 2 atom stereocenters. The molecule has 1 saturated heterocycles. The molecule has 0 saturated carbocycles. The minimum atomic E-state index is 0.0654. The van der Waals surface area contributed by atoms with Crippen LogP contribution in [0.15, 0.2) is 0 Å². The molecule has 1 rings (SSSR count). The third-order valence-corrected chi connectivity index (χ3v) is 11.4. The summed E-state index contributed by atoms with van der Waals surface area (Å²) in [4.78, 5) is 25.9. The first-order valence-electron chi connectivity index (χ1n) is 23.4. The van der Waals surface area contributed by atoms with E-state index in [1.165, 1.54) is 128 Å². The van der Waals surface area contributed by atoms with Gasteiger partial charge in [0.2, 0.25) is 0 Å². The molecule has 2 unspecified atom stereocenters. The second kappa shape index (κ2) is 36.8. The van der Waals surface area contributed by atoms with E-state index in [-0.39, 0.29) is 23.8 Å². The Morgan fingerprint density at radius 3 is 1.08 bits per heavy atom. The van der Waals surface area contributed by atoms with Crippen LogP contribution in [-0.2, 0) is 19.1 Å². The van der Waals surface area contributed by atoms with Crippen LogP contribution >= 0.6 is 0 Å². The van der Waals surface area contributed by atoms with Crippen molar-refractivity contribution in [2.24, 2.45) is 11.8 Å². The Bertz CT molecular complexity index is 702. The topological polar surface area (TPSA) is 76.7 Å². The van der Waals surface area contributed by atoms with Gasteiger partial charge >= 0.3 is 11.9 Å². The van der Waals surface area contributed by atoms with Gasteiger partial charge in [-0.3, -0.25) is 9.59 Å². The monoisotopic (exact) mass is 735 g/mol. The van der Waals surface area contributed by atoms with Gasteiger partial charge in [0.1, 0.15) is 0 Å². The summed E-state index contributed by atoms with van der Waals surface area (Å²) in [6, 6.07) is 1.04. The second-order valence-corrected chi connectivity index (χ2v) is 16.5. The lowest BCUT2D eigenvalue weighted by Gasteiger charge is -2.32. The molecule has 0 spiro atoms. The molecule has 2 N–H and O–H groups in total. The molecule has 0 amide bonds. The predicted molar refractivity (Wildman–Crippen MR) is 223 cm³/mol. The highest BCUT2D eigenvalue weighted by Crippen LogP contribution is 2.22. The van der Waals surface area contributed by atoms with E-state index in [0.717, 1.165) is 90.1 Å². The summed E-state index contributed by atoms with van der Waals surface area (Å²) >= 11 is 0. The number of esters is 2. The highest BCUT2D eigenvalue weighted by atomic mass is 16.5. The van der Waals surface area contributed by atoms with Crippen molar-refractivity contribution >= 4 is 11.9 Å². The summed E-state index contributed by atoms with van der Waals surface area (Å²) in [6.07, 6.45) is 37.9. The van der Waals surface area contributed by atoms with Crippen LogP contribution in [-0.4, -0.2) is 50.3 Å². The van der Waals surface area contributed by atoms with Crippen molar-refractivity contribution < 1.29 is 19.1 Å². The Morgan fingerprint density at radius 2 is 0.750 bits per heavy atom. The van der Waals surface area contributed by atoms with Gasteiger partial charge in [-0.25, -0.2) is 0 Å². The second-order valence-electron chi connectivity index (χ2n) is 16.5. The highest BCUT2D eigenvalue weighted by molar-refractivity contribution is 5.72. The lowest BCUT2D eigenvalue weighted by molar-refractivity contribution is -0.150. The molecule has 0 aromatic carbocycles. The van der Waals surface area contributed by atoms with Gasteiger partial charge in [-0.15, -0.1) is 0 Å². The van der Waals surface area contributed by atoms with Crippen LogP contribution in [0.3, 0.4) is 0 Å². The Kier molecular flexibility index (Phi) is 34.6. The van der Waals surface area contributed by atoms with E-state index in [4.69, 9.17) is 9.47 Å².